The van der Waals surface area contributed by atoms with E-state index in [0.717, 1.165) is 4.47 Å². The zero-order valence-corrected chi connectivity index (χ0v) is 14.6. The minimum atomic E-state index is -0.299. The fourth-order valence-corrected chi connectivity index (χ4v) is 2.14. The summed E-state index contributed by atoms with van der Waals surface area (Å²) in [6.45, 7) is 4.09. The number of carbonyl (C=O) groups excluding carboxylic acids is 1. The van der Waals surface area contributed by atoms with Crippen LogP contribution in [-0.4, -0.2) is 44.2 Å². The molecule has 21 heavy (non-hydrogen) atoms. The maximum atomic E-state index is 13.7. The van der Waals surface area contributed by atoms with Gasteiger partial charge < -0.3 is 15.0 Å². The number of methoxy groups -OCH3 is 1. The van der Waals surface area contributed by atoms with Gasteiger partial charge in [-0.25, -0.2) is 4.39 Å². The third-order valence-corrected chi connectivity index (χ3v) is 3.36. The van der Waals surface area contributed by atoms with Crippen LogP contribution in [0.5, 0.6) is 0 Å². The number of likely N-dealkylation sites (N-methyl/N-ethyl adjacent to an activating group) is 1. The topological polar surface area (TPSA) is 41.6 Å². The van der Waals surface area contributed by atoms with Crippen LogP contribution in [0, 0.1) is 5.82 Å². The van der Waals surface area contributed by atoms with Gasteiger partial charge in [-0.05, 0) is 25.1 Å². The standard InChI is InChI=1S/C14H20BrFN2O2.ClH/c1-3-18(14(19)9-17-6-7-20-2)10-11-8-12(15)4-5-13(11)16;/h4-5,8,17H,3,6-7,9-10H2,1-2H3;1H. The lowest BCUT2D eigenvalue weighted by atomic mass is 10.2. The van der Waals surface area contributed by atoms with E-state index < -0.39 is 0 Å². The summed E-state index contributed by atoms with van der Waals surface area (Å²) in [5.41, 5.74) is 0.506. The maximum absolute atomic E-state index is 13.7. The van der Waals surface area contributed by atoms with E-state index in [2.05, 4.69) is 21.2 Å². The van der Waals surface area contributed by atoms with Gasteiger partial charge in [-0.15, -0.1) is 12.4 Å². The number of carbonyl (C=O) groups is 1. The molecule has 0 aliphatic carbocycles. The van der Waals surface area contributed by atoms with Crippen molar-refractivity contribution >= 4 is 34.2 Å². The van der Waals surface area contributed by atoms with Gasteiger partial charge in [0.25, 0.3) is 0 Å². The minimum Gasteiger partial charge on any atom is -0.383 e. The number of hydrogen-bond acceptors (Lipinski definition) is 3. The highest BCUT2D eigenvalue weighted by Gasteiger charge is 2.14. The smallest absolute Gasteiger partial charge is 0.236 e. The molecule has 0 unspecified atom stereocenters. The van der Waals surface area contributed by atoms with Crippen molar-refractivity contribution in [1.29, 1.82) is 0 Å². The van der Waals surface area contributed by atoms with Crippen LogP contribution >= 0.6 is 28.3 Å². The largest absolute Gasteiger partial charge is 0.383 e. The molecule has 0 spiro atoms. The first-order chi connectivity index (χ1) is 9.58. The van der Waals surface area contributed by atoms with E-state index in [1.54, 1.807) is 24.1 Å². The van der Waals surface area contributed by atoms with Crippen molar-refractivity contribution in [2.45, 2.75) is 13.5 Å². The Morgan fingerprint density at radius 3 is 2.81 bits per heavy atom. The van der Waals surface area contributed by atoms with Gasteiger partial charge in [0.2, 0.25) is 5.91 Å². The molecule has 1 aromatic rings. The molecule has 0 aromatic heterocycles. The monoisotopic (exact) mass is 382 g/mol. The highest BCUT2D eigenvalue weighted by molar-refractivity contribution is 9.10. The lowest BCUT2D eigenvalue weighted by molar-refractivity contribution is -0.130. The van der Waals surface area contributed by atoms with E-state index in [4.69, 9.17) is 4.74 Å². The van der Waals surface area contributed by atoms with Gasteiger partial charge in [0, 0.05) is 36.8 Å². The molecule has 1 aromatic carbocycles. The van der Waals surface area contributed by atoms with Crippen molar-refractivity contribution in [3.8, 4) is 0 Å². The first-order valence-electron chi connectivity index (χ1n) is 6.49. The average Bonchev–Trinajstić information content (AvgIpc) is 2.44. The zero-order valence-electron chi connectivity index (χ0n) is 12.2. The molecule has 0 fully saturated rings. The van der Waals surface area contributed by atoms with Gasteiger partial charge in [0.05, 0.1) is 13.2 Å². The fraction of sp³-hybridized carbons (Fsp3) is 0.500. The molecular formula is C14H21BrClFN2O2. The third-order valence-electron chi connectivity index (χ3n) is 2.86. The molecule has 4 nitrogen and oxygen atoms in total. The maximum Gasteiger partial charge on any atom is 0.236 e. The second-order valence-electron chi connectivity index (χ2n) is 4.31. The molecule has 0 heterocycles. The van der Waals surface area contributed by atoms with Crippen LogP contribution in [0.3, 0.4) is 0 Å². The normalized spacial score (nSPS) is 10.1. The van der Waals surface area contributed by atoms with Gasteiger partial charge in [-0.2, -0.15) is 0 Å². The number of hydrogen-bond donors (Lipinski definition) is 1. The number of halogens is 3. The number of rotatable bonds is 8. The second-order valence-corrected chi connectivity index (χ2v) is 5.23. The molecule has 7 heteroatoms. The van der Waals surface area contributed by atoms with Crippen LogP contribution in [-0.2, 0) is 16.1 Å². The molecule has 0 aliphatic heterocycles. The molecular weight excluding hydrogens is 363 g/mol. The average molecular weight is 384 g/mol. The second kappa shape index (κ2) is 11.0. The summed E-state index contributed by atoms with van der Waals surface area (Å²) in [7, 11) is 1.61. The van der Waals surface area contributed by atoms with Crippen molar-refractivity contribution in [1.82, 2.24) is 10.2 Å². The first-order valence-corrected chi connectivity index (χ1v) is 7.29. The molecule has 0 saturated heterocycles. The van der Waals surface area contributed by atoms with E-state index in [-0.39, 0.29) is 37.2 Å². The Morgan fingerprint density at radius 1 is 1.48 bits per heavy atom. The molecule has 0 radical (unpaired) electrons. The Balaban J connectivity index is 0.00000400. The number of amides is 1. The van der Waals surface area contributed by atoms with E-state index in [1.807, 2.05) is 6.92 Å². The van der Waals surface area contributed by atoms with Crippen LogP contribution in [0.1, 0.15) is 12.5 Å². The van der Waals surface area contributed by atoms with Crippen LogP contribution < -0.4 is 5.32 Å². The summed E-state index contributed by atoms with van der Waals surface area (Å²) >= 11 is 3.31. The molecule has 1 N–H and O–H groups in total. The van der Waals surface area contributed by atoms with Crippen molar-refractivity contribution in [3.05, 3.63) is 34.1 Å². The Kier molecular flexibility index (Phi) is 10.6. The molecule has 1 rings (SSSR count). The summed E-state index contributed by atoms with van der Waals surface area (Å²) in [5.74, 6) is -0.352. The third kappa shape index (κ3) is 7.22. The predicted molar refractivity (Wildman–Crippen MR) is 87.2 cm³/mol. The SMILES string of the molecule is CCN(Cc1cc(Br)ccc1F)C(=O)CNCCOC.Cl. The number of ether oxygens (including phenoxy) is 1. The number of benzene rings is 1. The van der Waals surface area contributed by atoms with E-state index >= 15 is 0 Å². The predicted octanol–water partition coefficient (Wildman–Crippen LogP) is 2.59. The molecule has 0 aliphatic rings. The van der Waals surface area contributed by atoms with Gasteiger partial charge >= 0.3 is 0 Å². The van der Waals surface area contributed by atoms with E-state index in [1.165, 1.54) is 6.07 Å². The number of nitrogens with one attached hydrogen (secondary N) is 1. The summed E-state index contributed by atoms with van der Waals surface area (Å²) in [6, 6.07) is 4.74. The minimum absolute atomic E-state index is 0. The first kappa shape index (κ1) is 20.3. The fourth-order valence-electron chi connectivity index (χ4n) is 1.73. The van der Waals surface area contributed by atoms with Crippen LogP contribution in [0.15, 0.2) is 22.7 Å². The van der Waals surface area contributed by atoms with Gasteiger partial charge in [0.15, 0.2) is 0 Å². The summed E-state index contributed by atoms with van der Waals surface area (Å²) < 4.78 is 19.4. The van der Waals surface area contributed by atoms with Gasteiger partial charge in [-0.3, -0.25) is 4.79 Å². The quantitative estimate of drug-likeness (QED) is 0.702. The highest BCUT2D eigenvalue weighted by Crippen LogP contribution is 2.17. The van der Waals surface area contributed by atoms with Crippen LogP contribution in [0.2, 0.25) is 0 Å². The van der Waals surface area contributed by atoms with Crippen molar-refractivity contribution in [2.24, 2.45) is 0 Å². The van der Waals surface area contributed by atoms with Crippen molar-refractivity contribution in [3.63, 3.8) is 0 Å². The van der Waals surface area contributed by atoms with Crippen LogP contribution in [0.25, 0.3) is 0 Å². The van der Waals surface area contributed by atoms with Gasteiger partial charge in [-0.1, -0.05) is 15.9 Å². The van der Waals surface area contributed by atoms with E-state index in [9.17, 15) is 9.18 Å². The van der Waals surface area contributed by atoms with E-state index in [0.29, 0.717) is 25.3 Å². The number of nitrogens with zero attached hydrogens (tertiary/aromatic N) is 1. The van der Waals surface area contributed by atoms with Crippen molar-refractivity contribution in [2.75, 3.05) is 33.4 Å². The molecule has 0 bridgehead atoms. The molecule has 0 saturated carbocycles. The Morgan fingerprint density at radius 2 is 2.19 bits per heavy atom. The summed E-state index contributed by atoms with van der Waals surface area (Å²) in [6.07, 6.45) is 0. The highest BCUT2D eigenvalue weighted by atomic mass is 79.9. The summed E-state index contributed by atoms with van der Waals surface area (Å²) in [4.78, 5) is 13.6. The Hall–Kier alpha value is -0.690. The molecule has 1 amide bonds. The Bertz CT molecular complexity index is 449. The summed E-state index contributed by atoms with van der Waals surface area (Å²) in [5, 5.41) is 2.99. The molecule has 0 atom stereocenters. The lowest BCUT2D eigenvalue weighted by Crippen LogP contribution is -2.38. The molecule has 120 valence electrons. The Labute approximate surface area is 139 Å². The zero-order chi connectivity index (χ0) is 15.0. The lowest BCUT2D eigenvalue weighted by Gasteiger charge is -2.21. The van der Waals surface area contributed by atoms with Crippen LogP contribution in [0.4, 0.5) is 4.39 Å². The van der Waals surface area contributed by atoms with Crippen molar-refractivity contribution < 1.29 is 13.9 Å². The van der Waals surface area contributed by atoms with Gasteiger partial charge in [0.1, 0.15) is 5.82 Å².